The fourth-order valence-electron chi connectivity index (χ4n) is 3.58. The number of amides is 1. The van der Waals surface area contributed by atoms with E-state index < -0.39 is 5.91 Å². The number of ether oxygens (including phenoxy) is 3. The molecule has 0 aromatic heterocycles. The molecule has 7 nitrogen and oxygen atoms in total. The zero-order valence-corrected chi connectivity index (χ0v) is 18.3. The molecule has 0 radical (unpaired) electrons. The SMILES string of the molecule is COc1ccc2c(c1)OCC(/C=C(\C#N)C(=O)Nc1cc(Cl)ccc1N1CCOCC1)=C2. The highest BCUT2D eigenvalue weighted by atomic mass is 35.5. The van der Waals surface area contributed by atoms with Gasteiger partial charge in [-0.2, -0.15) is 5.26 Å². The largest absolute Gasteiger partial charge is 0.497 e. The monoisotopic (exact) mass is 451 g/mol. The minimum Gasteiger partial charge on any atom is -0.497 e. The molecule has 2 heterocycles. The summed E-state index contributed by atoms with van der Waals surface area (Å²) < 4.78 is 16.4. The number of halogens is 1. The van der Waals surface area contributed by atoms with Crippen molar-refractivity contribution in [1.82, 2.24) is 0 Å². The molecule has 2 aliphatic heterocycles. The van der Waals surface area contributed by atoms with Crippen LogP contribution in [0.25, 0.3) is 6.08 Å². The van der Waals surface area contributed by atoms with E-state index in [0.29, 0.717) is 54.1 Å². The molecule has 0 aliphatic carbocycles. The molecule has 2 aromatic carbocycles. The maximum Gasteiger partial charge on any atom is 0.266 e. The first-order chi connectivity index (χ1) is 15.6. The van der Waals surface area contributed by atoms with Crippen LogP contribution in [0.15, 0.2) is 53.6 Å². The Hall–Kier alpha value is -3.47. The van der Waals surface area contributed by atoms with Gasteiger partial charge in [-0.05, 0) is 48.1 Å². The molecular weight excluding hydrogens is 430 g/mol. The molecule has 4 rings (SSSR count). The number of hydrogen-bond acceptors (Lipinski definition) is 6. The second kappa shape index (κ2) is 9.77. The number of carbonyl (C=O) groups excluding carboxylic acids is 1. The molecule has 164 valence electrons. The van der Waals surface area contributed by atoms with Crippen molar-refractivity contribution in [2.24, 2.45) is 0 Å². The summed E-state index contributed by atoms with van der Waals surface area (Å²) in [4.78, 5) is 15.0. The van der Waals surface area contributed by atoms with E-state index in [4.69, 9.17) is 25.8 Å². The van der Waals surface area contributed by atoms with Crippen molar-refractivity contribution in [3.8, 4) is 17.6 Å². The van der Waals surface area contributed by atoms with Crippen molar-refractivity contribution < 1.29 is 19.0 Å². The summed E-state index contributed by atoms with van der Waals surface area (Å²) in [5.41, 5.74) is 2.94. The molecule has 1 saturated heterocycles. The minimum absolute atomic E-state index is 0.0234. The summed E-state index contributed by atoms with van der Waals surface area (Å²) in [5.74, 6) is 0.884. The quantitative estimate of drug-likeness (QED) is 0.545. The molecule has 2 aromatic rings. The van der Waals surface area contributed by atoms with Gasteiger partial charge in [0.25, 0.3) is 5.91 Å². The molecule has 8 heteroatoms. The van der Waals surface area contributed by atoms with Gasteiger partial charge in [-0.15, -0.1) is 0 Å². The first kappa shape index (κ1) is 21.8. The Morgan fingerprint density at radius 3 is 2.81 bits per heavy atom. The van der Waals surface area contributed by atoms with Crippen LogP contribution in [0.2, 0.25) is 5.02 Å². The fourth-order valence-corrected chi connectivity index (χ4v) is 3.76. The van der Waals surface area contributed by atoms with Gasteiger partial charge in [-0.1, -0.05) is 11.6 Å². The predicted molar refractivity (Wildman–Crippen MR) is 123 cm³/mol. The smallest absolute Gasteiger partial charge is 0.266 e. The third kappa shape index (κ3) is 4.88. The lowest BCUT2D eigenvalue weighted by Gasteiger charge is -2.30. The number of anilines is 2. The number of carbonyl (C=O) groups is 1. The zero-order valence-electron chi connectivity index (χ0n) is 17.6. The lowest BCUT2D eigenvalue weighted by Crippen LogP contribution is -2.36. The van der Waals surface area contributed by atoms with Crippen LogP contribution in [-0.4, -0.2) is 45.9 Å². The van der Waals surface area contributed by atoms with Crippen LogP contribution in [0.4, 0.5) is 11.4 Å². The lowest BCUT2D eigenvalue weighted by atomic mass is 10.0. The Balaban J connectivity index is 1.56. The Bertz CT molecular complexity index is 1130. The number of nitriles is 1. The van der Waals surface area contributed by atoms with E-state index in [1.165, 1.54) is 0 Å². The Morgan fingerprint density at radius 1 is 1.25 bits per heavy atom. The lowest BCUT2D eigenvalue weighted by molar-refractivity contribution is -0.112. The van der Waals surface area contributed by atoms with Gasteiger partial charge in [0.05, 0.1) is 31.7 Å². The van der Waals surface area contributed by atoms with Crippen LogP contribution in [0, 0.1) is 11.3 Å². The van der Waals surface area contributed by atoms with Gasteiger partial charge in [-0.3, -0.25) is 4.79 Å². The number of nitrogens with zero attached hydrogens (tertiary/aromatic N) is 2. The Kier molecular flexibility index (Phi) is 6.64. The molecule has 32 heavy (non-hydrogen) atoms. The maximum atomic E-state index is 12.9. The highest BCUT2D eigenvalue weighted by Gasteiger charge is 2.19. The number of rotatable bonds is 5. The Morgan fingerprint density at radius 2 is 2.06 bits per heavy atom. The van der Waals surface area contributed by atoms with Crippen molar-refractivity contribution in [2.45, 2.75) is 0 Å². The molecular formula is C24H22ClN3O4. The van der Waals surface area contributed by atoms with Gasteiger partial charge in [0.15, 0.2) is 0 Å². The van der Waals surface area contributed by atoms with Crippen molar-refractivity contribution in [1.29, 1.82) is 5.26 Å². The third-order valence-corrected chi connectivity index (χ3v) is 5.44. The molecule has 2 aliphatic rings. The van der Waals surface area contributed by atoms with Crippen LogP contribution in [-0.2, 0) is 9.53 Å². The predicted octanol–water partition coefficient (Wildman–Crippen LogP) is 4.05. The minimum atomic E-state index is -0.509. The van der Waals surface area contributed by atoms with Crippen molar-refractivity contribution in [3.05, 3.63) is 64.2 Å². The summed E-state index contributed by atoms with van der Waals surface area (Å²) in [6.45, 7) is 2.89. The van der Waals surface area contributed by atoms with Crippen LogP contribution >= 0.6 is 11.6 Å². The van der Waals surface area contributed by atoms with Crippen LogP contribution in [0.3, 0.4) is 0 Å². The molecule has 1 fully saturated rings. The van der Waals surface area contributed by atoms with E-state index in [0.717, 1.165) is 11.3 Å². The van der Waals surface area contributed by atoms with E-state index in [1.807, 2.05) is 30.3 Å². The van der Waals surface area contributed by atoms with Gasteiger partial charge in [-0.25, -0.2) is 0 Å². The summed E-state index contributed by atoms with van der Waals surface area (Å²) in [6, 6.07) is 12.8. The second-order valence-corrected chi connectivity index (χ2v) is 7.73. The highest BCUT2D eigenvalue weighted by molar-refractivity contribution is 6.31. The number of hydrogen-bond donors (Lipinski definition) is 1. The van der Waals surface area contributed by atoms with E-state index in [1.54, 1.807) is 31.4 Å². The standard InChI is InChI=1S/C24H22ClN3O4/c1-30-20-4-2-17-10-16(15-32-23(17)13-20)11-18(14-26)24(29)27-21-12-19(25)3-5-22(21)28-6-8-31-9-7-28/h2-5,10-13H,6-9,15H2,1H3,(H,27,29)/b18-11+. The average molecular weight is 452 g/mol. The molecule has 1 amide bonds. The van der Waals surface area contributed by atoms with Gasteiger partial charge in [0, 0.05) is 29.7 Å². The molecule has 0 bridgehead atoms. The molecule has 0 atom stereocenters. The molecule has 0 unspecified atom stereocenters. The maximum absolute atomic E-state index is 12.9. The fraction of sp³-hybridized carbons (Fsp3) is 0.250. The van der Waals surface area contributed by atoms with Crippen molar-refractivity contribution in [3.63, 3.8) is 0 Å². The molecule has 0 spiro atoms. The number of fused-ring (bicyclic) bond motifs is 1. The first-order valence-electron chi connectivity index (χ1n) is 10.1. The van der Waals surface area contributed by atoms with E-state index >= 15 is 0 Å². The van der Waals surface area contributed by atoms with Gasteiger partial charge in [0.1, 0.15) is 29.7 Å². The van der Waals surface area contributed by atoms with Gasteiger partial charge >= 0.3 is 0 Å². The zero-order chi connectivity index (χ0) is 22.5. The van der Waals surface area contributed by atoms with Crippen LogP contribution in [0.1, 0.15) is 5.56 Å². The number of benzene rings is 2. The molecule has 1 N–H and O–H groups in total. The third-order valence-electron chi connectivity index (χ3n) is 5.21. The van der Waals surface area contributed by atoms with E-state index in [2.05, 4.69) is 10.2 Å². The van der Waals surface area contributed by atoms with Gasteiger partial charge in [0.2, 0.25) is 0 Å². The van der Waals surface area contributed by atoms with E-state index in [9.17, 15) is 10.1 Å². The van der Waals surface area contributed by atoms with Gasteiger partial charge < -0.3 is 24.4 Å². The first-order valence-corrected chi connectivity index (χ1v) is 10.5. The van der Waals surface area contributed by atoms with E-state index in [-0.39, 0.29) is 12.2 Å². The summed E-state index contributed by atoms with van der Waals surface area (Å²) in [5, 5.41) is 13.0. The summed E-state index contributed by atoms with van der Waals surface area (Å²) in [7, 11) is 1.59. The van der Waals surface area contributed by atoms with Crippen molar-refractivity contribution >= 4 is 35.0 Å². The summed E-state index contributed by atoms with van der Waals surface area (Å²) >= 11 is 6.17. The second-order valence-electron chi connectivity index (χ2n) is 7.30. The number of morpholine rings is 1. The molecule has 0 saturated carbocycles. The van der Waals surface area contributed by atoms with Crippen molar-refractivity contribution in [2.75, 3.05) is 50.2 Å². The van der Waals surface area contributed by atoms with Crippen LogP contribution in [0.5, 0.6) is 11.5 Å². The number of nitrogens with one attached hydrogen (secondary N) is 1. The Labute approximate surface area is 191 Å². The summed E-state index contributed by atoms with van der Waals surface area (Å²) in [6.07, 6.45) is 3.43. The number of methoxy groups -OCH3 is 1. The normalized spacial score (nSPS) is 15.7. The topological polar surface area (TPSA) is 83.8 Å². The highest BCUT2D eigenvalue weighted by Crippen LogP contribution is 2.32. The average Bonchev–Trinajstić information content (AvgIpc) is 2.82. The van der Waals surface area contributed by atoms with Crippen LogP contribution < -0.4 is 19.7 Å².